The Labute approximate surface area is 124 Å². The van der Waals surface area contributed by atoms with Gasteiger partial charge in [-0.05, 0) is 17.7 Å². The quantitative estimate of drug-likeness (QED) is 0.692. The topological polar surface area (TPSA) is 54.9 Å². The number of anilines is 1. The van der Waals surface area contributed by atoms with Crippen LogP contribution in [0, 0.1) is 0 Å². The molecule has 0 saturated heterocycles. The highest BCUT2D eigenvalue weighted by molar-refractivity contribution is 6.34. The van der Waals surface area contributed by atoms with Crippen molar-refractivity contribution in [2.24, 2.45) is 0 Å². The van der Waals surface area contributed by atoms with Crippen molar-refractivity contribution >= 4 is 47.2 Å². The molecule has 1 heterocycles. The number of aromatic nitrogens is 2. The molecule has 0 aliphatic rings. The van der Waals surface area contributed by atoms with E-state index < -0.39 is 0 Å². The zero-order valence-corrected chi connectivity index (χ0v) is 11.8. The molecule has 0 bridgehead atoms. The molecule has 0 radical (unpaired) electrons. The molecule has 2 rings (SSSR count). The van der Waals surface area contributed by atoms with Gasteiger partial charge in [0.05, 0.1) is 0 Å². The maximum absolute atomic E-state index is 10.3. The molecule has 0 aliphatic carbocycles. The Kier molecular flexibility index (Phi) is 4.58. The fourth-order valence-electron chi connectivity index (χ4n) is 1.50. The number of hydrogen-bond acceptors (Lipinski definition) is 3. The molecule has 1 aromatic heterocycles. The summed E-state index contributed by atoms with van der Waals surface area (Å²) >= 11 is 17.9. The van der Waals surface area contributed by atoms with Crippen LogP contribution >= 0.6 is 34.8 Å². The normalized spacial score (nSPS) is 10.3. The number of halogens is 3. The second kappa shape index (κ2) is 6.19. The fourth-order valence-corrected chi connectivity index (χ4v) is 2.15. The molecule has 98 valence electrons. The lowest BCUT2D eigenvalue weighted by molar-refractivity contribution is -0.105. The lowest BCUT2D eigenvalue weighted by Gasteiger charge is -2.07. The second-order valence-electron chi connectivity index (χ2n) is 3.67. The summed E-state index contributed by atoms with van der Waals surface area (Å²) in [7, 11) is 0. The van der Waals surface area contributed by atoms with Crippen molar-refractivity contribution in [2.75, 3.05) is 5.32 Å². The summed E-state index contributed by atoms with van der Waals surface area (Å²) < 4.78 is 0. The Balaban J connectivity index is 2.29. The fraction of sp³-hybridized carbons (Fsp3) is 0.0833. The van der Waals surface area contributed by atoms with E-state index >= 15 is 0 Å². The summed E-state index contributed by atoms with van der Waals surface area (Å²) in [5.41, 5.74) is 1.58. The van der Waals surface area contributed by atoms with Gasteiger partial charge in [-0.15, -0.1) is 0 Å². The number of carbonyl (C=O) groups excluding carboxylic acids is 1. The SMILES string of the molecule is O=CNc1nc(Cl)c(Cc2ccc(Cl)cc2)c(Cl)n1. The molecular weight excluding hydrogens is 309 g/mol. The minimum absolute atomic E-state index is 0.0739. The lowest BCUT2D eigenvalue weighted by atomic mass is 10.1. The summed E-state index contributed by atoms with van der Waals surface area (Å²) in [5, 5.41) is 3.37. The van der Waals surface area contributed by atoms with Gasteiger partial charge in [-0.3, -0.25) is 10.1 Å². The number of nitrogens with one attached hydrogen (secondary N) is 1. The molecular formula is C12H8Cl3N3O. The van der Waals surface area contributed by atoms with E-state index in [2.05, 4.69) is 15.3 Å². The molecule has 7 heteroatoms. The maximum Gasteiger partial charge on any atom is 0.232 e. The minimum Gasteiger partial charge on any atom is -0.297 e. The van der Waals surface area contributed by atoms with E-state index in [0.717, 1.165) is 5.56 Å². The number of rotatable bonds is 4. The van der Waals surface area contributed by atoms with Crippen molar-refractivity contribution in [1.82, 2.24) is 9.97 Å². The van der Waals surface area contributed by atoms with Crippen LogP contribution in [-0.2, 0) is 11.2 Å². The van der Waals surface area contributed by atoms with Crippen LogP contribution in [0.1, 0.15) is 11.1 Å². The number of hydrogen-bond donors (Lipinski definition) is 1. The monoisotopic (exact) mass is 315 g/mol. The zero-order valence-electron chi connectivity index (χ0n) is 9.53. The largest absolute Gasteiger partial charge is 0.297 e. The van der Waals surface area contributed by atoms with Gasteiger partial charge in [-0.25, -0.2) is 9.97 Å². The number of benzene rings is 1. The molecule has 1 N–H and O–H groups in total. The van der Waals surface area contributed by atoms with Gasteiger partial charge in [-0.1, -0.05) is 46.9 Å². The Bertz CT molecular complexity index is 579. The van der Waals surface area contributed by atoms with E-state index in [-0.39, 0.29) is 16.3 Å². The first-order valence-electron chi connectivity index (χ1n) is 5.26. The van der Waals surface area contributed by atoms with E-state index in [1.165, 1.54) is 0 Å². The Hall–Kier alpha value is -1.36. The Morgan fingerprint density at radius 2 is 1.63 bits per heavy atom. The third-order valence-corrected chi connectivity index (χ3v) is 3.27. The Morgan fingerprint density at radius 1 is 1.05 bits per heavy atom. The highest BCUT2D eigenvalue weighted by Gasteiger charge is 2.12. The predicted molar refractivity (Wildman–Crippen MR) is 76.0 cm³/mol. The van der Waals surface area contributed by atoms with Crippen LogP contribution in [0.2, 0.25) is 15.3 Å². The van der Waals surface area contributed by atoms with Crippen LogP contribution in [0.4, 0.5) is 5.95 Å². The van der Waals surface area contributed by atoms with Crippen LogP contribution in [0.15, 0.2) is 24.3 Å². The molecule has 4 nitrogen and oxygen atoms in total. The van der Waals surface area contributed by atoms with Gasteiger partial charge in [-0.2, -0.15) is 0 Å². The zero-order chi connectivity index (χ0) is 13.8. The molecule has 19 heavy (non-hydrogen) atoms. The van der Waals surface area contributed by atoms with E-state index in [0.29, 0.717) is 23.4 Å². The van der Waals surface area contributed by atoms with Crippen LogP contribution in [0.5, 0.6) is 0 Å². The first kappa shape index (κ1) is 14.1. The van der Waals surface area contributed by atoms with Crippen molar-refractivity contribution < 1.29 is 4.79 Å². The molecule has 0 spiro atoms. The van der Waals surface area contributed by atoms with Crippen LogP contribution in [0.25, 0.3) is 0 Å². The Morgan fingerprint density at radius 3 is 2.16 bits per heavy atom. The van der Waals surface area contributed by atoms with Crippen molar-refractivity contribution in [2.45, 2.75) is 6.42 Å². The van der Waals surface area contributed by atoms with E-state index in [4.69, 9.17) is 34.8 Å². The van der Waals surface area contributed by atoms with E-state index in [1.807, 2.05) is 12.1 Å². The summed E-state index contributed by atoms with van der Waals surface area (Å²) in [6.45, 7) is 0. The molecule has 0 aliphatic heterocycles. The summed E-state index contributed by atoms with van der Waals surface area (Å²) in [6.07, 6.45) is 0.942. The third kappa shape index (κ3) is 3.56. The molecule has 2 aromatic rings. The predicted octanol–water partition coefficient (Wildman–Crippen LogP) is 3.60. The first-order valence-corrected chi connectivity index (χ1v) is 6.40. The first-order chi connectivity index (χ1) is 9.10. The van der Waals surface area contributed by atoms with Crippen molar-refractivity contribution in [3.05, 3.63) is 50.7 Å². The molecule has 0 atom stereocenters. The molecule has 1 amide bonds. The maximum atomic E-state index is 10.3. The van der Waals surface area contributed by atoms with Crippen molar-refractivity contribution in [3.63, 3.8) is 0 Å². The average Bonchev–Trinajstić information content (AvgIpc) is 2.36. The number of amides is 1. The summed E-state index contributed by atoms with van der Waals surface area (Å²) in [4.78, 5) is 18.2. The van der Waals surface area contributed by atoms with Crippen molar-refractivity contribution in [3.8, 4) is 0 Å². The highest BCUT2D eigenvalue weighted by Crippen LogP contribution is 2.25. The third-order valence-electron chi connectivity index (χ3n) is 2.39. The van der Waals surface area contributed by atoms with Gasteiger partial charge in [0.2, 0.25) is 12.4 Å². The van der Waals surface area contributed by atoms with Gasteiger partial charge in [0.15, 0.2) is 0 Å². The molecule has 0 unspecified atom stereocenters. The standard InChI is InChI=1S/C12H8Cl3N3O/c13-8-3-1-7(2-4-8)5-9-10(14)17-12(16-6-19)18-11(9)15/h1-4,6H,5H2,(H,16,17,18,19). The van der Waals surface area contributed by atoms with Crippen LogP contribution in [0.3, 0.4) is 0 Å². The van der Waals surface area contributed by atoms with Gasteiger partial charge in [0.1, 0.15) is 10.3 Å². The number of carbonyl (C=O) groups is 1. The van der Waals surface area contributed by atoms with Gasteiger partial charge in [0.25, 0.3) is 0 Å². The molecule has 0 fully saturated rings. The average molecular weight is 317 g/mol. The van der Waals surface area contributed by atoms with Crippen LogP contribution in [-0.4, -0.2) is 16.4 Å². The minimum atomic E-state index is 0.0739. The second-order valence-corrected chi connectivity index (χ2v) is 4.83. The summed E-state index contributed by atoms with van der Waals surface area (Å²) in [5.74, 6) is 0.0739. The van der Waals surface area contributed by atoms with E-state index in [1.54, 1.807) is 12.1 Å². The van der Waals surface area contributed by atoms with E-state index in [9.17, 15) is 4.79 Å². The summed E-state index contributed by atoms with van der Waals surface area (Å²) in [6, 6.07) is 7.29. The number of nitrogens with zero attached hydrogens (tertiary/aromatic N) is 2. The lowest BCUT2D eigenvalue weighted by Crippen LogP contribution is -2.03. The molecule has 0 saturated carbocycles. The van der Waals surface area contributed by atoms with Crippen molar-refractivity contribution in [1.29, 1.82) is 0 Å². The highest BCUT2D eigenvalue weighted by atomic mass is 35.5. The smallest absolute Gasteiger partial charge is 0.232 e. The van der Waals surface area contributed by atoms with Gasteiger partial charge < -0.3 is 0 Å². The van der Waals surface area contributed by atoms with Gasteiger partial charge >= 0.3 is 0 Å². The van der Waals surface area contributed by atoms with Crippen LogP contribution < -0.4 is 5.32 Å². The molecule has 1 aromatic carbocycles. The van der Waals surface area contributed by atoms with Gasteiger partial charge in [0, 0.05) is 17.0 Å².